The molecule has 36 heavy (non-hydrogen) atoms. The van der Waals surface area contributed by atoms with Gasteiger partial charge in [-0.25, -0.2) is 14.0 Å². The molecule has 0 amide bonds. The molecular weight excluding hydrogens is 490 g/mol. The molecule has 0 aromatic heterocycles. The quantitative estimate of drug-likeness (QED) is 0.128. The highest BCUT2D eigenvalue weighted by molar-refractivity contribution is 5.95. The molecule has 0 unspecified atom stereocenters. The minimum absolute atomic E-state index is 0.000857. The number of nitrogens with two attached hydrogens (primary N) is 1. The third-order valence-corrected chi connectivity index (χ3v) is 4.51. The van der Waals surface area contributed by atoms with E-state index >= 15 is 4.39 Å². The van der Waals surface area contributed by atoms with Crippen molar-refractivity contribution in [2.75, 3.05) is 31.7 Å². The molecule has 2 aromatic carbocycles. The summed E-state index contributed by atoms with van der Waals surface area (Å²) in [7, 11) is 0. The Labute approximate surface area is 204 Å². The van der Waals surface area contributed by atoms with E-state index in [0.717, 1.165) is 6.07 Å². The molecule has 0 spiro atoms. The monoisotopic (exact) mass is 515 g/mol. The zero-order valence-corrected chi connectivity index (χ0v) is 19.4. The van der Waals surface area contributed by atoms with Gasteiger partial charge in [-0.05, 0) is 44.2 Å². The van der Waals surface area contributed by atoms with Crippen LogP contribution in [0.15, 0.2) is 36.4 Å². The lowest BCUT2D eigenvalue weighted by Crippen LogP contribution is -2.27. The molecule has 0 heterocycles. The third-order valence-electron chi connectivity index (χ3n) is 4.51. The summed E-state index contributed by atoms with van der Waals surface area (Å²) in [6.45, 7) is 2.11. The average molecular weight is 515 g/mol. The third kappa shape index (κ3) is 7.75. The first-order chi connectivity index (χ1) is 17.0. The Hall–Kier alpha value is -4.03. The molecule has 0 aliphatic rings. The fraction of sp³-hybridized carbons (Fsp3) is 0.348. The molecule has 9 nitrogen and oxygen atoms in total. The largest absolute Gasteiger partial charge is 0.490 e. The van der Waals surface area contributed by atoms with Gasteiger partial charge < -0.3 is 30.0 Å². The summed E-state index contributed by atoms with van der Waals surface area (Å²) in [5.74, 6) is -4.39. The molecule has 0 saturated carbocycles. The van der Waals surface area contributed by atoms with Gasteiger partial charge in [-0.15, -0.1) is 0 Å². The maximum atomic E-state index is 15.1. The number of anilines is 1. The van der Waals surface area contributed by atoms with Gasteiger partial charge in [0.2, 0.25) is 0 Å². The molecule has 0 aliphatic heterocycles. The summed E-state index contributed by atoms with van der Waals surface area (Å²) in [6, 6.07) is 6.96. The van der Waals surface area contributed by atoms with Crippen molar-refractivity contribution in [2.24, 2.45) is 5.73 Å². The van der Waals surface area contributed by atoms with Crippen LogP contribution in [0.2, 0.25) is 0 Å². The van der Waals surface area contributed by atoms with Crippen LogP contribution in [0.5, 0.6) is 11.5 Å². The van der Waals surface area contributed by atoms with E-state index in [1.165, 1.54) is 18.2 Å². The van der Waals surface area contributed by atoms with Gasteiger partial charge in [0.15, 0.2) is 17.5 Å². The van der Waals surface area contributed by atoms with Crippen LogP contribution in [0.3, 0.4) is 0 Å². The van der Waals surface area contributed by atoms with E-state index in [0.29, 0.717) is 11.3 Å². The molecule has 2 rings (SSSR count). The number of nitrogen functional groups attached to an aromatic ring is 1. The number of esters is 2. The van der Waals surface area contributed by atoms with Crippen molar-refractivity contribution >= 4 is 23.5 Å². The van der Waals surface area contributed by atoms with Crippen molar-refractivity contribution in [1.82, 2.24) is 0 Å². The second-order valence-corrected chi connectivity index (χ2v) is 7.06. The number of carbonyl (C=O) groups is 2. The van der Waals surface area contributed by atoms with Crippen LogP contribution in [-0.2, 0) is 19.1 Å². The highest BCUT2D eigenvalue weighted by atomic mass is 19.4. The Morgan fingerprint density at radius 2 is 1.64 bits per heavy atom. The summed E-state index contributed by atoms with van der Waals surface area (Å²) < 4.78 is 71.6. The normalized spacial score (nSPS) is 11.8. The summed E-state index contributed by atoms with van der Waals surface area (Å²) in [5.41, 5.74) is 6.14. The molecule has 4 N–H and O–H groups in total. The van der Waals surface area contributed by atoms with Crippen LogP contribution in [0.1, 0.15) is 31.0 Å². The highest BCUT2D eigenvalue weighted by Crippen LogP contribution is 2.35. The number of alkyl halides is 3. The number of ether oxygens (including phenoxy) is 4. The van der Waals surface area contributed by atoms with Crippen LogP contribution in [-0.4, -0.2) is 50.4 Å². The highest BCUT2D eigenvalue weighted by Gasteiger charge is 2.40. The average Bonchev–Trinajstić information content (AvgIpc) is 2.81. The van der Waals surface area contributed by atoms with E-state index in [4.69, 9.17) is 25.4 Å². The maximum absolute atomic E-state index is 15.1. The molecule has 0 radical (unpaired) electrons. The summed E-state index contributed by atoms with van der Waals surface area (Å²) in [6.07, 6.45) is -5.15. The molecule has 0 saturated heterocycles. The van der Waals surface area contributed by atoms with E-state index in [1.807, 2.05) is 0 Å². The minimum Gasteiger partial charge on any atom is -0.490 e. The van der Waals surface area contributed by atoms with Gasteiger partial charge in [-0.2, -0.15) is 13.2 Å². The van der Waals surface area contributed by atoms with Gasteiger partial charge in [0.25, 0.3) is 0 Å². The lowest BCUT2D eigenvalue weighted by molar-refractivity contribution is -0.200. The molecule has 2 aromatic rings. The van der Waals surface area contributed by atoms with E-state index < -0.39 is 43.2 Å². The standard InChI is InChI=1S/C23H25F4N3O6/c1-3-33-17-11-15(16(24)12-18(17)35-9-10-36-22(32)23(25,26)27)19(21(31)34-4-2)30-14-7-5-13(6-8-14)20(28)29/h5-8,11-12,19,30H,3-4,9-10H2,1-2H3,(H3,28,29)/t19-/m1/s1. The molecule has 196 valence electrons. The summed E-state index contributed by atoms with van der Waals surface area (Å²) in [5, 5.41) is 10.3. The Morgan fingerprint density at radius 3 is 2.19 bits per heavy atom. The number of halogens is 4. The van der Waals surface area contributed by atoms with Crippen LogP contribution in [0, 0.1) is 11.2 Å². The van der Waals surface area contributed by atoms with Crippen LogP contribution < -0.4 is 20.5 Å². The first kappa shape index (κ1) is 28.2. The van der Waals surface area contributed by atoms with Gasteiger partial charge in [0, 0.05) is 22.9 Å². The fourth-order valence-electron chi connectivity index (χ4n) is 2.92. The van der Waals surface area contributed by atoms with Gasteiger partial charge in [0.05, 0.1) is 13.2 Å². The van der Waals surface area contributed by atoms with Crippen molar-refractivity contribution in [1.29, 1.82) is 5.41 Å². The number of carbonyl (C=O) groups excluding carboxylic acids is 2. The lowest BCUT2D eigenvalue weighted by atomic mass is 10.0. The SMILES string of the molecule is CCOC(=O)[C@H](Nc1ccc(C(=N)N)cc1)c1cc(OCC)c(OCCOC(=O)C(F)(F)F)cc1F. The van der Waals surface area contributed by atoms with Gasteiger partial charge in [0.1, 0.15) is 24.9 Å². The maximum Gasteiger partial charge on any atom is 0.490 e. The Morgan fingerprint density at radius 1 is 1.00 bits per heavy atom. The van der Waals surface area contributed by atoms with Crippen molar-refractivity contribution in [3.8, 4) is 11.5 Å². The van der Waals surface area contributed by atoms with E-state index in [1.54, 1.807) is 26.0 Å². The van der Waals surface area contributed by atoms with Crippen molar-refractivity contribution in [3.63, 3.8) is 0 Å². The second-order valence-electron chi connectivity index (χ2n) is 7.06. The van der Waals surface area contributed by atoms with Gasteiger partial charge >= 0.3 is 18.1 Å². The number of benzene rings is 2. The number of rotatable bonds is 12. The molecule has 0 bridgehead atoms. The first-order valence-corrected chi connectivity index (χ1v) is 10.7. The van der Waals surface area contributed by atoms with Crippen LogP contribution in [0.25, 0.3) is 0 Å². The van der Waals surface area contributed by atoms with Crippen molar-refractivity contribution in [2.45, 2.75) is 26.1 Å². The fourth-order valence-corrected chi connectivity index (χ4v) is 2.92. The Bertz CT molecular complexity index is 1080. The van der Waals surface area contributed by atoms with Crippen LogP contribution in [0.4, 0.5) is 23.2 Å². The zero-order chi connectivity index (χ0) is 26.9. The summed E-state index contributed by atoms with van der Waals surface area (Å²) in [4.78, 5) is 23.5. The Kier molecular flexibility index (Phi) is 9.88. The van der Waals surface area contributed by atoms with Gasteiger partial charge in [-0.3, -0.25) is 5.41 Å². The number of hydrogen-bond donors (Lipinski definition) is 3. The van der Waals surface area contributed by atoms with Crippen molar-refractivity contribution in [3.05, 3.63) is 53.3 Å². The number of hydrogen-bond acceptors (Lipinski definition) is 8. The number of amidine groups is 1. The van der Waals surface area contributed by atoms with Crippen molar-refractivity contribution < 1.29 is 46.1 Å². The number of nitrogens with one attached hydrogen (secondary N) is 2. The summed E-state index contributed by atoms with van der Waals surface area (Å²) >= 11 is 0. The van der Waals surface area contributed by atoms with Crippen LogP contribution >= 0.6 is 0 Å². The van der Waals surface area contributed by atoms with E-state index in [2.05, 4.69) is 10.1 Å². The molecule has 0 aliphatic carbocycles. The molecule has 1 atom stereocenters. The Balaban J connectivity index is 2.29. The van der Waals surface area contributed by atoms with Gasteiger partial charge in [-0.1, -0.05) is 0 Å². The first-order valence-electron chi connectivity index (χ1n) is 10.7. The molecule has 13 heteroatoms. The van der Waals surface area contributed by atoms with E-state index in [-0.39, 0.29) is 36.1 Å². The smallest absolute Gasteiger partial charge is 0.490 e. The lowest BCUT2D eigenvalue weighted by Gasteiger charge is -2.21. The minimum atomic E-state index is -5.15. The topological polar surface area (TPSA) is 133 Å². The zero-order valence-electron chi connectivity index (χ0n) is 19.4. The van der Waals surface area contributed by atoms with E-state index in [9.17, 15) is 22.8 Å². The predicted octanol–water partition coefficient (Wildman–Crippen LogP) is 3.71. The second kappa shape index (κ2) is 12.6. The predicted molar refractivity (Wildman–Crippen MR) is 121 cm³/mol. The molecule has 0 fully saturated rings. The molecular formula is C23H25F4N3O6.